The number of aromatic hydroxyl groups is 1. The summed E-state index contributed by atoms with van der Waals surface area (Å²) in [4.78, 5) is 11.5. The molecule has 4 rings (SSSR count). The average Bonchev–Trinajstić information content (AvgIpc) is 3.30. The summed E-state index contributed by atoms with van der Waals surface area (Å²) in [6.45, 7) is 2.24. The molecule has 1 aromatic carbocycles. The van der Waals surface area contributed by atoms with Crippen molar-refractivity contribution in [2.24, 2.45) is 29.1 Å². The number of benzene rings is 1. The number of unbranched alkanes of at least 4 members (excludes halogenated alkanes) is 6. The molecule has 0 aliphatic heterocycles. The highest BCUT2D eigenvalue weighted by atomic mass is 19.4. The zero-order chi connectivity index (χ0) is 35.7. The first-order valence-corrected chi connectivity index (χ1v) is 17.2. The predicted molar refractivity (Wildman–Crippen MR) is 160 cm³/mol. The number of halogens is 9. The first-order valence-electron chi connectivity index (χ1n) is 17.2. The van der Waals surface area contributed by atoms with E-state index < -0.39 is 48.7 Å². The van der Waals surface area contributed by atoms with E-state index in [-0.39, 0.29) is 30.1 Å². The second kappa shape index (κ2) is 14.6. The molecule has 7 atom stereocenters. The molecule has 13 heteroatoms. The van der Waals surface area contributed by atoms with Gasteiger partial charge >= 0.3 is 29.9 Å². The fraction of sp³-hybridized carbons (Fsp3) is 0.800. The quantitative estimate of drug-likeness (QED) is 0.118. The fourth-order valence-corrected chi connectivity index (χ4v) is 9.02. The Balaban J connectivity index is 1.20. The normalized spacial score (nSPS) is 28.4. The Morgan fingerprint density at radius 3 is 2.12 bits per heavy atom. The summed E-state index contributed by atoms with van der Waals surface area (Å²) in [5.41, 5.74) is 2.47. The molecule has 274 valence electrons. The van der Waals surface area contributed by atoms with E-state index in [0.717, 1.165) is 64.2 Å². The Bertz CT molecular complexity index is 1250. The lowest BCUT2D eigenvalue weighted by atomic mass is 9.52. The van der Waals surface area contributed by atoms with Crippen molar-refractivity contribution < 1.29 is 59.6 Å². The Hall–Kier alpha value is -2.18. The third kappa shape index (κ3) is 7.60. The molecule has 3 aliphatic rings. The van der Waals surface area contributed by atoms with Gasteiger partial charge in [0.15, 0.2) is 0 Å². The van der Waals surface area contributed by atoms with Crippen LogP contribution in [-0.4, -0.2) is 51.3 Å². The van der Waals surface area contributed by atoms with Gasteiger partial charge in [-0.15, -0.1) is 0 Å². The monoisotopic (exact) mass is 702 g/mol. The van der Waals surface area contributed by atoms with Crippen LogP contribution in [0.1, 0.15) is 120 Å². The first kappa shape index (κ1) is 38.6. The topological polar surface area (TPSA) is 77.8 Å². The smallest absolute Gasteiger partial charge is 0.460 e. The lowest BCUT2D eigenvalue weighted by molar-refractivity contribution is -0.396. The highest BCUT2D eigenvalue weighted by molar-refractivity contribution is 5.69. The Morgan fingerprint density at radius 1 is 0.875 bits per heavy atom. The standard InChI is InChI=1S/C35H47F9O4/c1-31-17-16-26-25-12-11-24(45)20-23(25)19-22(29(26)27(31)13-14-28(31)46)10-8-6-4-2-3-5-7-9-21(30(47)48)15-18-32(36,37)33(38,39)34(40,41)35(42,43)44/h11-12,20-22,26-29,45-46H,2-10,13-19H2,1H3,(H,47,48)/t21?,22-,26?,27?,28+,29?,31+/m1/s1. The van der Waals surface area contributed by atoms with Gasteiger partial charge < -0.3 is 15.3 Å². The van der Waals surface area contributed by atoms with Gasteiger partial charge in [0.1, 0.15) is 5.75 Å². The van der Waals surface area contributed by atoms with Crippen LogP contribution in [0.15, 0.2) is 18.2 Å². The van der Waals surface area contributed by atoms with Crippen LogP contribution >= 0.6 is 0 Å². The molecule has 48 heavy (non-hydrogen) atoms. The molecule has 2 saturated carbocycles. The van der Waals surface area contributed by atoms with Crippen molar-refractivity contribution in [2.45, 2.75) is 146 Å². The van der Waals surface area contributed by atoms with E-state index in [1.165, 1.54) is 11.1 Å². The van der Waals surface area contributed by atoms with Crippen molar-refractivity contribution >= 4 is 5.97 Å². The second-order valence-corrected chi connectivity index (χ2v) is 14.8. The Morgan fingerprint density at radius 2 is 1.50 bits per heavy atom. The highest BCUT2D eigenvalue weighted by Crippen LogP contribution is 2.63. The fourth-order valence-electron chi connectivity index (χ4n) is 9.02. The van der Waals surface area contributed by atoms with Crippen molar-refractivity contribution in [2.75, 3.05) is 0 Å². The summed E-state index contributed by atoms with van der Waals surface area (Å²) >= 11 is 0. The van der Waals surface area contributed by atoms with E-state index in [4.69, 9.17) is 0 Å². The number of hydrogen-bond acceptors (Lipinski definition) is 3. The molecule has 0 spiro atoms. The van der Waals surface area contributed by atoms with Gasteiger partial charge in [0.05, 0.1) is 12.0 Å². The number of rotatable bonds is 16. The van der Waals surface area contributed by atoms with Crippen molar-refractivity contribution in [1.82, 2.24) is 0 Å². The number of carbonyl (C=O) groups is 1. The molecule has 3 N–H and O–H groups in total. The number of carboxylic acids is 1. The summed E-state index contributed by atoms with van der Waals surface area (Å²) in [7, 11) is 0. The molecule has 0 radical (unpaired) electrons. The molecule has 3 aliphatic carbocycles. The number of carboxylic acid groups (broad SMARTS) is 1. The molecule has 4 unspecified atom stereocenters. The second-order valence-electron chi connectivity index (χ2n) is 14.8. The predicted octanol–water partition coefficient (Wildman–Crippen LogP) is 10.3. The van der Waals surface area contributed by atoms with Crippen LogP contribution in [0.25, 0.3) is 0 Å². The van der Waals surface area contributed by atoms with E-state index in [1.54, 1.807) is 6.07 Å². The van der Waals surface area contributed by atoms with Crippen LogP contribution in [0.3, 0.4) is 0 Å². The maximum Gasteiger partial charge on any atom is 0.460 e. The molecule has 1 aromatic rings. The number of aliphatic hydroxyl groups is 1. The zero-order valence-corrected chi connectivity index (χ0v) is 27.2. The van der Waals surface area contributed by atoms with Gasteiger partial charge in [0.25, 0.3) is 0 Å². The van der Waals surface area contributed by atoms with Crippen molar-refractivity contribution in [3.63, 3.8) is 0 Å². The summed E-state index contributed by atoms with van der Waals surface area (Å²) < 4.78 is 118. The molecule has 4 nitrogen and oxygen atoms in total. The minimum absolute atomic E-state index is 0.0682. The average molecular weight is 703 g/mol. The molecule has 0 aromatic heterocycles. The van der Waals surface area contributed by atoms with E-state index in [0.29, 0.717) is 36.5 Å². The summed E-state index contributed by atoms with van der Waals surface area (Å²) in [6.07, 6.45) is 0.306. The molecule has 0 bridgehead atoms. The van der Waals surface area contributed by atoms with E-state index in [9.17, 15) is 59.6 Å². The summed E-state index contributed by atoms with van der Waals surface area (Å²) in [5, 5.41) is 30.3. The molecular weight excluding hydrogens is 655 g/mol. The zero-order valence-electron chi connectivity index (χ0n) is 27.2. The molecule has 0 saturated heterocycles. The van der Waals surface area contributed by atoms with Gasteiger partial charge in [-0.3, -0.25) is 4.79 Å². The number of phenols is 1. The van der Waals surface area contributed by atoms with Gasteiger partial charge in [0.2, 0.25) is 0 Å². The third-order valence-corrected chi connectivity index (χ3v) is 11.8. The Kier molecular flexibility index (Phi) is 11.7. The van der Waals surface area contributed by atoms with Gasteiger partial charge in [-0.1, -0.05) is 57.9 Å². The number of aliphatic hydroxyl groups excluding tert-OH is 1. The van der Waals surface area contributed by atoms with Crippen molar-refractivity contribution in [1.29, 1.82) is 0 Å². The number of phenolic OH excluding ortho intramolecular Hbond substituents is 1. The lowest BCUT2D eigenvalue weighted by Gasteiger charge is -2.53. The first-order chi connectivity index (χ1) is 22.2. The van der Waals surface area contributed by atoms with E-state index in [2.05, 4.69) is 13.0 Å². The van der Waals surface area contributed by atoms with Gasteiger partial charge in [0, 0.05) is 6.42 Å². The van der Waals surface area contributed by atoms with Crippen molar-refractivity contribution in [3.05, 3.63) is 29.3 Å². The van der Waals surface area contributed by atoms with Crippen molar-refractivity contribution in [3.8, 4) is 5.75 Å². The van der Waals surface area contributed by atoms with Crippen LogP contribution in [0.4, 0.5) is 39.5 Å². The molecular formula is C35H47F9O4. The lowest BCUT2D eigenvalue weighted by Crippen LogP contribution is -2.60. The number of fused-ring (bicyclic) bond motifs is 5. The highest BCUT2D eigenvalue weighted by Gasteiger charge is 2.81. The molecule has 0 heterocycles. The van der Waals surface area contributed by atoms with Crippen LogP contribution in [0.2, 0.25) is 0 Å². The number of aliphatic carboxylic acids is 1. The largest absolute Gasteiger partial charge is 0.508 e. The van der Waals surface area contributed by atoms with Crippen LogP contribution < -0.4 is 0 Å². The van der Waals surface area contributed by atoms with Crippen LogP contribution in [0.5, 0.6) is 5.75 Å². The van der Waals surface area contributed by atoms with E-state index in [1.807, 2.05) is 6.07 Å². The summed E-state index contributed by atoms with van der Waals surface area (Å²) in [6, 6.07) is 5.72. The van der Waals surface area contributed by atoms with E-state index >= 15 is 0 Å². The molecule has 2 fully saturated rings. The number of hydrogen-bond donors (Lipinski definition) is 3. The van der Waals surface area contributed by atoms with Gasteiger partial charge in [-0.25, -0.2) is 0 Å². The third-order valence-electron chi connectivity index (χ3n) is 11.8. The molecule has 0 amide bonds. The minimum Gasteiger partial charge on any atom is -0.508 e. The minimum atomic E-state index is -6.98. The summed E-state index contributed by atoms with van der Waals surface area (Å²) in [5.74, 6) is -20.6. The maximum atomic E-state index is 13.9. The van der Waals surface area contributed by atoms with Crippen LogP contribution in [-0.2, 0) is 11.2 Å². The van der Waals surface area contributed by atoms with Gasteiger partial charge in [-0.2, -0.15) is 39.5 Å². The van der Waals surface area contributed by atoms with Crippen LogP contribution in [0, 0.1) is 29.1 Å². The van der Waals surface area contributed by atoms with Gasteiger partial charge in [-0.05, 0) is 104 Å². The maximum absolute atomic E-state index is 13.9. The number of alkyl halides is 9. The SMILES string of the molecule is C[C@]12CCC3c4ccc(O)cc4C[C@@H](CCCCCCCCCC(CCC(F)(F)C(F)(F)C(F)(F)C(F)(F)F)C(=O)O)C3C1CC[C@@H]2O. The Labute approximate surface area is 275 Å².